The monoisotopic (exact) mass is 439 g/mol. The molecule has 0 aliphatic rings. The molecule has 0 aliphatic carbocycles. The Balaban J connectivity index is 1.61. The van der Waals surface area contributed by atoms with Crippen molar-refractivity contribution in [2.75, 3.05) is 7.05 Å². The highest BCUT2D eigenvalue weighted by molar-refractivity contribution is 7.71. The maximum absolute atomic E-state index is 11.3. The molecule has 3 heterocycles. The molecular formula is C22H25N5O3S. The van der Waals surface area contributed by atoms with Crippen molar-refractivity contribution in [3.63, 3.8) is 0 Å². The van der Waals surface area contributed by atoms with Crippen molar-refractivity contribution in [2.24, 2.45) is 5.73 Å². The van der Waals surface area contributed by atoms with Gasteiger partial charge in [-0.15, -0.1) is 5.10 Å². The predicted molar refractivity (Wildman–Crippen MR) is 120 cm³/mol. The Morgan fingerprint density at radius 2 is 2.06 bits per heavy atom. The van der Waals surface area contributed by atoms with E-state index in [1.807, 2.05) is 31.3 Å². The normalized spacial score (nSPS) is 11.6. The van der Waals surface area contributed by atoms with Gasteiger partial charge in [-0.1, -0.05) is 25.1 Å². The largest absolute Gasteiger partial charge is 0.461 e. The van der Waals surface area contributed by atoms with Gasteiger partial charge in [-0.2, -0.15) is 0 Å². The van der Waals surface area contributed by atoms with Crippen LogP contribution in [0.1, 0.15) is 24.7 Å². The number of fused-ring (bicyclic) bond motifs is 1. The van der Waals surface area contributed by atoms with E-state index in [1.165, 1.54) is 5.56 Å². The third-order valence-corrected chi connectivity index (χ3v) is 5.58. The van der Waals surface area contributed by atoms with Gasteiger partial charge in [-0.25, -0.2) is 4.68 Å². The third kappa shape index (κ3) is 4.33. The van der Waals surface area contributed by atoms with Crippen LogP contribution in [-0.4, -0.2) is 32.2 Å². The summed E-state index contributed by atoms with van der Waals surface area (Å²) in [6, 6.07) is 11.7. The second kappa shape index (κ2) is 8.91. The fourth-order valence-electron chi connectivity index (χ4n) is 3.70. The second-order valence-corrected chi connectivity index (χ2v) is 7.83. The van der Waals surface area contributed by atoms with Crippen LogP contribution in [-0.2, 0) is 31.0 Å². The summed E-state index contributed by atoms with van der Waals surface area (Å²) in [5, 5.41) is 5.79. The summed E-state index contributed by atoms with van der Waals surface area (Å²) in [4.78, 5) is 13.4. The molecular weight excluding hydrogens is 414 g/mol. The van der Waals surface area contributed by atoms with Crippen LogP contribution in [0.3, 0.4) is 0 Å². The Kier molecular flexibility index (Phi) is 6.06. The van der Waals surface area contributed by atoms with Crippen LogP contribution < -0.4 is 5.73 Å². The standard InChI is InChI=1S/C22H25N5O3S/c1-3-17-16(15-7-4-5-8-18(15)30-17)13-25(2)14-27-22(31)26(11-10-20(23)28)21(24-27)19-9-6-12-29-19/h4-9,12H,3,10-11,13-14H2,1-2H3,(H2,23,28). The quantitative estimate of drug-likeness (QED) is 0.397. The van der Waals surface area contributed by atoms with Gasteiger partial charge in [0.25, 0.3) is 0 Å². The number of benzene rings is 1. The Morgan fingerprint density at radius 1 is 1.26 bits per heavy atom. The molecule has 4 aromatic rings. The third-order valence-electron chi connectivity index (χ3n) is 5.15. The van der Waals surface area contributed by atoms with E-state index in [4.69, 9.17) is 26.8 Å². The number of amides is 1. The molecule has 0 fully saturated rings. The van der Waals surface area contributed by atoms with Crippen LogP contribution in [0.4, 0.5) is 0 Å². The number of para-hydroxylation sites is 1. The Labute approximate surface area is 184 Å². The minimum atomic E-state index is -0.393. The molecule has 8 nitrogen and oxygen atoms in total. The molecule has 4 rings (SSSR count). The predicted octanol–water partition coefficient (Wildman–Crippen LogP) is 3.95. The van der Waals surface area contributed by atoms with Crippen LogP contribution in [0.15, 0.2) is 51.5 Å². The lowest BCUT2D eigenvalue weighted by molar-refractivity contribution is -0.118. The molecule has 0 aliphatic heterocycles. The van der Waals surface area contributed by atoms with E-state index >= 15 is 0 Å². The molecule has 0 atom stereocenters. The van der Waals surface area contributed by atoms with Crippen LogP contribution in [0, 0.1) is 4.77 Å². The molecule has 3 aromatic heterocycles. The van der Waals surface area contributed by atoms with E-state index in [1.54, 1.807) is 21.6 Å². The first-order valence-corrected chi connectivity index (χ1v) is 10.6. The molecule has 162 valence electrons. The average molecular weight is 440 g/mol. The lowest BCUT2D eigenvalue weighted by atomic mass is 10.1. The van der Waals surface area contributed by atoms with Gasteiger partial charge >= 0.3 is 0 Å². The number of furan rings is 2. The van der Waals surface area contributed by atoms with Gasteiger partial charge in [0.2, 0.25) is 5.91 Å². The van der Waals surface area contributed by atoms with Gasteiger partial charge in [0.15, 0.2) is 16.4 Å². The fourth-order valence-corrected chi connectivity index (χ4v) is 3.98. The Bertz CT molecular complexity index is 1250. The van der Waals surface area contributed by atoms with Crippen molar-refractivity contribution in [3.8, 4) is 11.6 Å². The van der Waals surface area contributed by atoms with Gasteiger partial charge in [0, 0.05) is 36.9 Å². The topological polar surface area (TPSA) is 95.4 Å². The molecule has 31 heavy (non-hydrogen) atoms. The van der Waals surface area contributed by atoms with Crippen LogP contribution >= 0.6 is 12.2 Å². The highest BCUT2D eigenvalue weighted by Gasteiger charge is 2.18. The zero-order valence-electron chi connectivity index (χ0n) is 17.6. The summed E-state index contributed by atoms with van der Waals surface area (Å²) in [5.41, 5.74) is 7.41. The van der Waals surface area contributed by atoms with E-state index in [9.17, 15) is 4.79 Å². The first kappa shape index (κ1) is 21.1. The SMILES string of the molecule is CCc1oc2ccccc2c1CN(C)Cn1nc(-c2ccco2)n(CCC(N)=O)c1=S. The van der Waals surface area contributed by atoms with Crippen molar-refractivity contribution in [3.05, 3.63) is 58.8 Å². The number of hydrogen-bond donors (Lipinski definition) is 1. The van der Waals surface area contributed by atoms with Crippen LogP contribution in [0.5, 0.6) is 0 Å². The van der Waals surface area contributed by atoms with Crippen molar-refractivity contribution < 1.29 is 13.6 Å². The number of primary amides is 1. The maximum Gasteiger partial charge on any atom is 0.219 e. The highest BCUT2D eigenvalue weighted by atomic mass is 32.1. The summed E-state index contributed by atoms with van der Waals surface area (Å²) in [5.74, 6) is 1.76. The smallest absolute Gasteiger partial charge is 0.219 e. The van der Waals surface area contributed by atoms with E-state index < -0.39 is 5.91 Å². The van der Waals surface area contributed by atoms with Crippen molar-refractivity contribution in [1.82, 2.24) is 19.2 Å². The lowest BCUT2D eigenvalue weighted by Gasteiger charge is -2.16. The molecule has 0 radical (unpaired) electrons. The van der Waals surface area contributed by atoms with Gasteiger partial charge < -0.3 is 14.6 Å². The van der Waals surface area contributed by atoms with Crippen molar-refractivity contribution in [2.45, 2.75) is 39.5 Å². The van der Waals surface area contributed by atoms with Crippen molar-refractivity contribution in [1.29, 1.82) is 0 Å². The van der Waals surface area contributed by atoms with E-state index in [0.29, 0.717) is 36.1 Å². The number of aryl methyl sites for hydroxylation is 1. The Hall–Kier alpha value is -3.17. The average Bonchev–Trinajstić information content (AvgIpc) is 3.46. The molecule has 2 N–H and O–H groups in total. The van der Waals surface area contributed by atoms with E-state index in [2.05, 4.69) is 23.0 Å². The molecule has 0 spiro atoms. The van der Waals surface area contributed by atoms with Gasteiger partial charge in [0.1, 0.15) is 11.3 Å². The van der Waals surface area contributed by atoms with Gasteiger partial charge in [-0.05, 0) is 37.5 Å². The molecule has 9 heteroatoms. The minimum absolute atomic E-state index is 0.171. The minimum Gasteiger partial charge on any atom is -0.461 e. The zero-order valence-corrected chi connectivity index (χ0v) is 18.4. The first-order chi connectivity index (χ1) is 15.0. The maximum atomic E-state index is 11.3. The Morgan fingerprint density at radius 3 is 2.77 bits per heavy atom. The lowest BCUT2D eigenvalue weighted by Crippen LogP contribution is -2.23. The molecule has 1 aromatic carbocycles. The number of rotatable bonds is 9. The summed E-state index contributed by atoms with van der Waals surface area (Å²) in [7, 11) is 2.01. The molecule has 0 saturated carbocycles. The van der Waals surface area contributed by atoms with Crippen LogP contribution in [0.25, 0.3) is 22.6 Å². The van der Waals surface area contributed by atoms with Gasteiger partial charge in [-0.3, -0.25) is 14.3 Å². The number of carbonyl (C=O) groups is 1. The summed E-state index contributed by atoms with van der Waals surface area (Å²) >= 11 is 5.66. The molecule has 0 unspecified atom stereocenters. The number of carbonyl (C=O) groups excluding carboxylic acids is 1. The first-order valence-electron chi connectivity index (χ1n) is 10.2. The molecule has 1 amide bonds. The number of hydrogen-bond acceptors (Lipinski definition) is 6. The summed E-state index contributed by atoms with van der Waals surface area (Å²) < 4.78 is 15.6. The summed E-state index contributed by atoms with van der Waals surface area (Å²) in [6.07, 6.45) is 2.57. The second-order valence-electron chi connectivity index (χ2n) is 7.46. The fraction of sp³-hybridized carbons (Fsp3) is 0.318. The molecule has 0 bridgehead atoms. The van der Waals surface area contributed by atoms with Crippen LogP contribution in [0.2, 0.25) is 0 Å². The van der Waals surface area contributed by atoms with Gasteiger partial charge in [0.05, 0.1) is 12.9 Å². The van der Waals surface area contributed by atoms with E-state index in [-0.39, 0.29) is 6.42 Å². The summed E-state index contributed by atoms with van der Waals surface area (Å²) in [6.45, 7) is 3.60. The number of nitrogens with two attached hydrogens (primary N) is 1. The highest BCUT2D eigenvalue weighted by Crippen LogP contribution is 2.27. The van der Waals surface area contributed by atoms with E-state index in [0.717, 1.165) is 23.2 Å². The molecule has 0 saturated heterocycles. The van der Waals surface area contributed by atoms with Crippen molar-refractivity contribution >= 4 is 29.1 Å². The number of nitrogens with zero attached hydrogens (tertiary/aromatic N) is 4. The zero-order chi connectivity index (χ0) is 22.0. The number of aromatic nitrogens is 3.